The van der Waals surface area contributed by atoms with Gasteiger partial charge in [0.25, 0.3) is 0 Å². The van der Waals surface area contributed by atoms with Crippen molar-refractivity contribution in [2.75, 3.05) is 5.73 Å². The molecule has 0 saturated carbocycles. The summed E-state index contributed by atoms with van der Waals surface area (Å²) in [5.74, 6) is 0. The second-order valence-electron chi connectivity index (χ2n) is 2.54. The molecule has 0 aliphatic rings. The number of hydrogen-bond acceptors (Lipinski definition) is 3. The molecule has 11 heavy (non-hydrogen) atoms. The number of nitrogen functional groups attached to an aromatic ring is 1. The third-order valence-corrected chi connectivity index (χ3v) is 1.77. The summed E-state index contributed by atoms with van der Waals surface area (Å²) in [5.41, 5.74) is 8.10. The molecule has 3 heteroatoms. The Morgan fingerprint density at radius 2 is 2.27 bits per heavy atom. The van der Waals surface area contributed by atoms with Crippen LogP contribution in [0, 0.1) is 6.92 Å². The van der Waals surface area contributed by atoms with Crippen molar-refractivity contribution in [1.29, 1.82) is 0 Å². The molecule has 1 aromatic heterocycles. The van der Waals surface area contributed by atoms with Crippen molar-refractivity contribution >= 4 is 16.7 Å². The van der Waals surface area contributed by atoms with Gasteiger partial charge in [-0.25, -0.2) is 0 Å². The highest BCUT2D eigenvalue weighted by Crippen LogP contribution is 2.23. The van der Waals surface area contributed by atoms with Crippen LogP contribution in [0.5, 0.6) is 0 Å². The summed E-state index contributed by atoms with van der Waals surface area (Å²) in [6, 6.07) is 3.78. The van der Waals surface area contributed by atoms with E-state index >= 15 is 0 Å². The lowest BCUT2D eigenvalue weighted by atomic mass is 10.1. The molecule has 0 spiro atoms. The van der Waals surface area contributed by atoms with Crippen molar-refractivity contribution in [3.63, 3.8) is 0 Å². The maximum atomic E-state index is 5.64. The molecular formula is C8H8N2O. The summed E-state index contributed by atoms with van der Waals surface area (Å²) in [6.45, 7) is 2.00. The van der Waals surface area contributed by atoms with Gasteiger partial charge in [-0.1, -0.05) is 11.2 Å². The molecule has 1 heterocycles. The molecule has 1 aromatic carbocycles. The zero-order valence-corrected chi connectivity index (χ0v) is 6.16. The molecule has 3 nitrogen and oxygen atoms in total. The number of aromatic nitrogens is 1. The van der Waals surface area contributed by atoms with Crippen molar-refractivity contribution < 1.29 is 4.52 Å². The van der Waals surface area contributed by atoms with Gasteiger partial charge >= 0.3 is 0 Å². The zero-order chi connectivity index (χ0) is 7.84. The number of aryl methyl sites for hydroxylation is 1. The zero-order valence-electron chi connectivity index (χ0n) is 6.16. The maximum absolute atomic E-state index is 5.64. The van der Waals surface area contributed by atoms with Gasteiger partial charge < -0.3 is 10.3 Å². The lowest BCUT2D eigenvalue weighted by Crippen LogP contribution is -1.85. The Morgan fingerprint density at radius 3 is 3.00 bits per heavy atom. The molecular weight excluding hydrogens is 140 g/mol. The lowest BCUT2D eigenvalue weighted by Gasteiger charge is -1.94. The van der Waals surface area contributed by atoms with Gasteiger partial charge in [0.05, 0.1) is 11.9 Å². The molecule has 2 rings (SSSR count). The normalized spacial score (nSPS) is 10.6. The Bertz CT molecular complexity index is 356. The Morgan fingerprint density at radius 1 is 1.45 bits per heavy atom. The number of fused-ring (bicyclic) bond motifs is 1. The maximum Gasteiger partial charge on any atom is 0.189 e. The van der Waals surface area contributed by atoms with E-state index in [2.05, 4.69) is 5.16 Å². The van der Waals surface area contributed by atoms with Crippen molar-refractivity contribution in [3.8, 4) is 0 Å². The van der Waals surface area contributed by atoms with Gasteiger partial charge in [-0.15, -0.1) is 0 Å². The molecule has 0 bridgehead atoms. The molecule has 56 valence electrons. The molecule has 0 fully saturated rings. The second-order valence-corrected chi connectivity index (χ2v) is 2.54. The molecule has 2 N–H and O–H groups in total. The lowest BCUT2D eigenvalue weighted by molar-refractivity contribution is 0.457. The highest BCUT2D eigenvalue weighted by molar-refractivity contribution is 5.89. The monoisotopic (exact) mass is 148 g/mol. The Kier molecular flexibility index (Phi) is 1.12. The average Bonchev–Trinajstić information content (AvgIpc) is 2.45. The molecule has 0 saturated heterocycles. The third-order valence-electron chi connectivity index (χ3n) is 1.77. The van der Waals surface area contributed by atoms with E-state index in [4.69, 9.17) is 10.3 Å². The standard InChI is InChI=1S/C8H8N2O/c1-5-2-3-7(9)8-6(5)4-10-11-8/h2-4H,9H2,1H3. The quantitative estimate of drug-likeness (QED) is 0.578. The van der Waals surface area contributed by atoms with Crippen molar-refractivity contribution in [3.05, 3.63) is 23.9 Å². The summed E-state index contributed by atoms with van der Waals surface area (Å²) in [5, 5.41) is 4.66. The number of rotatable bonds is 0. The minimum absolute atomic E-state index is 0.642. The summed E-state index contributed by atoms with van der Waals surface area (Å²) < 4.78 is 4.95. The van der Waals surface area contributed by atoms with Crippen LogP contribution in [0.15, 0.2) is 22.9 Å². The summed E-state index contributed by atoms with van der Waals surface area (Å²) in [7, 11) is 0. The van der Waals surface area contributed by atoms with Crippen molar-refractivity contribution in [2.24, 2.45) is 0 Å². The van der Waals surface area contributed by atoms with Gasteiger partial charge in [0.1, 0.15) is 0 Å². The third kappa shape index (κ3) is 0.774. The van der Waals surface area contributed by atoms with Gasteiger partial charge in [0, 0.05) is 5.39 Å². The largest absolute Gasteiger partial charge is 0.396 e. The molecule has 2 aromatic rings. The van der Waals surface area contributed by atoms with Gasteiger partial charge in [-0.05, 0) is 18.6 Å². The first-order valence-corrected chi connectivity index (χ1v) is 3.38. The van der Waals surface area contributed by atoms with Crippen LogP contribution in [-0.2, 0) is 0 Å². The van der Waals surface area contributed by atoms with E-state index in [-0.39, 0.29) is 0 Å². The smallest absolute Gasteiger partial charge is 0.189 e. The average molecular weight is 148 g/mol. The van der Waals surface area contributed by atoms with Gasteiger partial charge in [-0.2, -0.15) is 0 Å². The molecule has 0 radical (unpaired) electrons. The predicted octanol–water partition coefficient (Wildman–Crippen LogP) is 1.72. The summed E-state index contributed by atoms with van der Waals surface area (Å²) in [6.07, 6.45) is 1.68. The van der Waals surface area contributed by atoms with E-state index in [1.807, 2.05) is 19.1 Å². The van der Waals surface area contributed by atoms with Crippen LogP contribution in [0.2, 0.25) is 0 Å². The van der Waals surface area contributed by atoms with E-state index in [9.17, 15) is 0 Å². The van der Waals surface area contributed by atoms with Crippen LogP contribution >= 0.6 is 0 Å². The molecule has 0 atom stereocenters. The number of anilines is 1. The fourth-order valence-electron chi connectivity index (χ4n) is 1.11. The minimum Gasteiger partial charge on any atom is -0.396 e. The Hall–Kier alpha value is -1.51. The van der Waals surface area contributed by atoms with E-state index in [0.29, 0.717) is 11.3 Å². The van der Waals surface area contributed by atoms with Crippen LogP contribution in [0.25, 0.3) is 11.0 Å². The first kappa shape index (κ1) is 6.22. The second kappa shape index (κ2) is 1.99. The van der Waals surface area contributed by atoms with Crippen LogP contribution in [-0.4, -0.2) is 5.16 Å². The van der Waals surface area contributed by atoms with Crippen LogP contribution in [0.4, 0.5) is 5.69 Å². The Balaban J connectivity index is 2.96. The highest BCUT2D eigenvalue weighted by Gasteiger charge is 2.03. The van der Waals surface area contributed by atoms with Crippen molar-refractivity contribution in [1.82, 2.24) is 5.16 Å². The minimum atomic E-state index is 0.642. The van der Waals surface area contributed by atoms with Gasteiger partial charge in [-0.3, -0.25) is 0 Å². The predicted molar refractivity (Wildman–Crippen MR) is 43.2 cm³/mol. The number of nitrogens with zero attached hydrogens (tertiary/aromatic N) is 1. The van der Waals surface area contributed by atoms with E-state index in [0.717, 1.165) is 10.9 Å². The first-order valence-electron chi connectivity index (χ1n) is 3.38. The number of benzene rings is 1. The molecule has 0 aliphatic carbocycles. The van der Waals surface area contributed by atoms with Crippen LogP contribution in [0.3, 0.4) is 0 Å². The van der Waals surface area contributed by atoms with Gasteiger partial charge in [0.15, 0.2) is 5.58 Å². The van der Waals surface area contributed by atoms with Crippen LogP contribution in [0.1, 0.15) is 5.56 Å². The number of hydrogen-bond donors (Lipinski definition) is 1. The SMILES string of the molecule is Cc1ccc(N)c2oncc12. The first-order chi connectivity index (χ1) is 5.29. The fraction of sp³-hybridized carbons (Fsp3) is 0.125. The molecule has 0 unspecified atom stereocenters. The highest BCUT2D eigenvalue weighted by atomic mass is 16.5. The van der Waals surface area contributed by atoms with Crippen LogP contribution < -0.4 is 5.73 Å². The van der Waals surface area contributed by atoms with Gasteiger partial charge in [0.2, 0.25) is 0 Å². The Labute approximate surface area is 63.8 Å². The topological polar surface area (TPSA) is 52.0 Å². The van der Waals surface area contributed by atoms with E-state index in [1.54, 1.807) is 6.20 Å². The number of nitrogens with two attached hydrogens (primary N) is 1. The summed E-state index contributed by atoms with van der Waals surface area (Å²) >= 11 is 0. The summed E-state index contributed by atoms with van der Waals surface area (Å²) in [4.78, 5) is 0. The van der Waals surface area contributed by atoms with E-state index < -0.39 is 0 Å². The molecule has 0 aliphatic heterocycles. The van der Waals surface area contributed by atoms with Crippen molar-refractivity contribution in [2.45, 2.75) is 6.92 Å². The fourth-order valence-corrected chi connectivity index (χ4v) is 1.11. The van der Waals surface area contributed by atoms with E-state index in [1.165, 1.54) is 0 Å². The molecule has 0 amide bonds.